The summed E-state index contributed by atoms with van der Waals surface area (Å²) >= 11 is 0. The van der Waals surface area contributed by atoms with Gasteiger partial charge in [0.05, 0.1) is 30.9 Å². The van der Waals surface area contributed by atoms with Gasteiger partial charge < -0.3 is 15.6 Å². The molecule has 0 amide bonds. The number of hydrogen-bond donors (Lipinski definition) is 2. The number of aliphatic hydroxyl groups is 1. The molecule has 3 nitrogen and oxygen atoms in total. The molecule has 0 unspecified atom stereocenters. The van der Waals surface area contributed by atoms with Crippen LogP contribution < -0.4 is 10.5 Å². The highest BCUT2D eigenvalue weighted by Crippen LogP contribution is 2.43. The van der Waals surface area contributed by atoms with Crippen LogP contribution in [0, 0.1) is 0 Å². The van der Waals surface area contributed by atoms with Crippen LogP contribution in [0.4, 0.5) is 26.3 Å². The lowest BCUT2D eigenvalue weighted by Crippen LogP contribution is -2.22. The lowest BCUT2D eigenvalue weighted by Gasteiger charge is -2.22. The van der Waals surface area contributed by atoms with Gasteiger partial charge in [-0.1, -0.05) is 0 Å². The Morgan fingerprint density at radius 3 is 2.00 bits per heavy atom. The van der Waals surface area contributed by atoms with E-state index < -0.39 is 47.4 Å². The summed E-state index contributed by atoms with van der Waals surface area (Å²) in [6.45, 7) is -0.870. The van der Waals surface area contributed by atoms with Crippen LogP contribution >= 0.6 is 12.4 Å². The van der Waals surface area contributed by atoms with Crippen LogP contribution in [0.1, 0.15) is 22.7 Å². The first-order valence-corrected chi connectivity index (χ1v) is 5.25. The second-order valence-corrected chi connectivity index (χ2v) is 3.92. The van der Waals surface area contributed by atoms with Gasteiger partial charge in [-0.15, -0.1) is 12.4 Å². The molecule has 0 fully saturated rings. The number of hydrogen-bond acceptors (Lipinski definition) is 3. The second-order valence-electron chi connectivity index (χ2n) is 3.92. The van der Waals surface area contributed by atoms with Gasteiger partial charge in [0.1, 0.15) is 5.75 Å². The third-order valence-electron chi connectivity index (χ3n) is 2.56. The largest absolute Gasteiger partial charge is 0.496 e. The zero-order valence-electron chi connectivity index (χ0n) is 10.5. The molecule has 0 saturated heterocycles. The first-order chi connectivity index (χ1) is 9.02. The van der Waals surface area contributed by atoms with E-state index >= 15 is 0 Å². The Balaban J connectivity index is 0.00000400. The highest BCUT2D eigenvalue weighted by molar-refractivity contribution is 5.85. The first kappa shape index (κ1) is 19.8. The first-order valence-electron chi connectivity index (χ1n) is 5.25. The number of ether oxygens (including phenoxy) is 1. The summed E-state index contributed by atoms with van der Waals surface area (Å²) < 4.78 is 80.9. The van der Waals surface area contributed by atoms with Crippen molar-refractivity contribution in [3.8, 4) is 5.75 Å². The van der Waals surface area contributed by atoms with Gasteiger partial charge >= 0.3 is 12.4 Å². The average molecular weight is 340 g/mol. The second kappa shape index (κ2) is 6.71. The van der Waals surface area contributed by atoms with Crippen molar-refractivity contribution in [3.63, 3.8) is 0 Å². The molecule has 0 heterocycles. The van der Waals surface area contributed by atoms with E-state index in [1.165, 1.54) is 0 Å². The lowest BCUT2D eigenvalue weighted by atomic mass is 9.96. The summed E-state index contributed by atoms with van der Waals surface area (Å²) in [6, 6.07) is -1.14. The van der Waals surface area contributed by atoms with E-state index in [0.29, 0.717) is 6.07 Å². The molecule has 10 heteroatoms. The van der Waals surface area contributed by atoms with Crippen molar-refractivity contribution >= 4 is 12.4 Å². The number of rotatable bonds is 3. The predicted molar refractivity (Wildman–Crippen MR) is 64.3 cm³/mol. The number of methoxy groups -OCH3 is 1. The molecular formula is C11H12ClF6NO2. The van der Waals surface area contributed by atoms with Crippen molar-refractivity contribution in [3.05, 3.63) is 28.8 Å². The van der Waals surface area contributed by atoms with Crippen LogP contribution in [0.3, 0.4) is 0 Å². The summed E-state index contributed by atoms with van der Waals surface area (Å²) in [5, 5.41) is 8.86. The van der Waals surface area contributed by atoms with Crippen molar-refractivity contribution in [2.75, 3.05) is 13.7 Å². The Labute approximate surface area is 122 Å². The maximum absolute atomic E-state index is 12.9. The molecule has 0 aliphatic heterocycles. The van der Waals surface area contributed by atoms with E-state index in [1.807, 2.05) is 0 Å². The highest BCUT2D eigenvalue weighted by Gasteiger charge is 2.40. The fourth-order valence-electron chi connectivity index (χ4n) is 1.67. The zero-order valence-corrected chi connectivity index (χ0v) is 11.4. The van der Waals surface area contributed by atoms with Gasteiger partial charge in [0.15, 0.2) is 0 Å². The maximum atomic E-state index is 12.9. The highest BCUT2D eigenvalue weighted by atomic mass is 35.5. The van der Waals surface area contributed by atoms with Crippen molar-refractivity contribution in [2.45, 2.75) is 18.4 Å². The Hall–Kier alpha value is -1.19. The zero-order chi connectivity index (χ0) is 15.7. The summed E-state index contributed by atoms with van der Waals surface area (Å²) in [4.78, 5) is 0. The lowest BCUT2D eigenvalue weighted by molar-refractivity contribution is -0.143. The molecule has 122 valence electrons. The Kier molecular flexibility index (Phi) is 6.33. The van der Waals surface area contributed by atoms with Crippen LogP contribution in [0.5, 0.6) is 5.75 Å². The minimum Gasteiger partial charge on any atom is -0.496 e. The monoisotopic (exact) mass is 339 g/mol. The SMILES string of the molecule is COc1cc(C(F)(F)F)cc(C(F)(F)F)c1[C@@H](N)CO.Cl. The Bertz CT molecular complexity index is 489. The summed E-state index contributed by atoms with van der Waals surface area (Å²) in [6.07, 6.45) is -10.0. The molecule has 1 aromatic rings. The van der Waals surface area contributed by atoms with E-state index in [4.69, 9.17) is 10.8 Å². The van der Waals surface area contributed by atoms with Crippen LogP contribution in [0.15, 0.2) is 12.1 Å². The topological polar surface area (TPSA) is 55.5 Å². The molecule has 1 aromatic carbocycles. The third kappa shape index (κ3) is 4.39. The summed E-state index contributed by atoms with van der Waals surface area (Å²) in [7, 11) is 0.920. The van der Waals surface area contributed by atoms with Gasteiger partial charge in [-0.25, -0.2) is 0 Å². The van der Waals surface area contributed by atoms with E-state index in [-0.39, 0.29) is 18.5 Å². The van der Waals surface area contributed by atoms with Crippen LogP contribution in [0.2, 0.25) is 0 Å². The fraction of sp³-hybridized carbons (Fsp3) is 0.455. The molecular weight excluding hydrogens is 328 g/mol. The number of nitrogens with two attached hydrogens (primary N) is 1. The van der Waals surface area contributed by atoms with Gasteiger partial charge in [0, 0.05) is 5.56 Å². The minimum atomic E-state index is -5.06. The average Bonchev–Trinajstić information content (AvgIpc) is 2.33. The van der Waals surface area contributed by atoms with Gasteiger partial charge in [-0.2, -0.15) is 26.3 Å². The minimum absolute atomic E-state index is 0. The number of alkyl halides is 6. The molecule has 0 aromatic heterocycles. The summed E-state index contributed by atoms with van der Waals surface area (Å²) in [5.41, 5.74) is 1.52. The normalized spacial score (nSPS) is 13.6. The summed E-state index contributed by atoms with van der Waals surface area (Å²) in [5.74, 6) is -0.673. The number of halogens is 7. The molecule has 0 saturated carbocycles. The number of aliphatic hydroxyl groups excluding tert-OH is 1. The van der Waals surface area contributed by atoms with Crippen molar-refractivity contribution in [1.29, 1.82) is 0 Å². The van der Waals surface area contributed by atoms with Gasteiger partial charge in [0.25, 0.3) is 0 Å². The molecule has 0 spiro atoms. The predicted octanol–water partition coefficient (Wildman–Crippen LogP) is 3.15. The van der Waals surface area contributed by atoms with Crippen molar-refractivity contribution < 1.29 is 36.2 Å². The van der Waals surface area contributed by atoms with Crippen LogP contribution in [-0.2, 0) is 12.4 Å². The molecule has 21 heavy (non-hydrogen) atoms. The molecule has 3 N–H and O–H groups in total. The van der Waals surface area contributed by atoms with E-state index in [1.54, 1.807) is 0 Å². The standard InChI is InChI=1S/C11H11F6NO2.ClH/c1-20-8-3-5(10(12,13)14)2-6(11(15,16)17)9(8)7(18)4-19;/h2-3,7,19H,4,18H2,1H3;1H/t7-;/m0./s1. The fourth-order valence-corrected chi connectivity index (χ4v) is 1.67. The third-order valence-corrected chi connectivity index (χ3v) is 2.56. The molecule has 0 aliphatic rings. The quantitative estimate of drug-likeness (QED) is 0.832. The van der Waals surface area contributed by atoms with Gasteiger partial charge in [-0.05, 0) is 12.1 Å². The molecule has 0 bridgehead atoms. The van der Waals surface area contributed by atoms with Gasteiger partial charge in [-0.3, -0.25) is 0 Å². The number of benzene rings is 1. The van der Waals surface area contributed by atoms with Crippen molar-refractivity contribution in [1.82, 2.24) is 0 Å². The molecule has 0 radical (unpaired) electrons. The van der Waals surface area contributed by atoms with E-state index in [9.17, 15) is 26.3 Å². The van der Waals surface area contributed by atoms with Crippen LogP contribution in [-0.4, -0.2) is 18.8 Å². The van der Waals surface area contributed by atoms with Crippen molar-refractivity contribution in [2.24, 2.45) is 5.73 Å². The van der Waals surface area contributed by atoms with Crippen LogP contribution in [0.25, 0.3) is 0 Å². The molecule has 0 aliphatic carbocycles. The maximum Gasteiger partial charge on any atom is 0.416 e. The smallest absolute Gasteiger partial charge is 0.416 e. The van der Waals surface area contributed by atoms with E-state index in [0.717, 1.165) is 7.11 Å². The molecule has 1 rings (SSSR count). The van der Waals surface area contributed by atoms with E-state index in [2.05, 4.69) is 4.74 Å². The Morgan fingerprint density at radius 2 is 1.67 bits per heavy atom. The van der Waals surface area contributed by atoms with Gasteiger partial charge in [0.2, 0.25) is 0 Å². The Morgan fingerprint density at radius 1 is 1.14 bits per heavy atom. The molecule has 1 atom stereocenters.